The van der Waals surface area contributed by atoms with E-state index >= 15 is 0 Å². The van der Waals surface area contributed by atoms with Gasteiger partial charge in [-0.2, -0.15) is 4.31 Å². The number of hydrogen-bond donors (Lipinski definition) is 1. The van der Waals surface area contributed by atoms with E-state index in [-0.39, 0.29) is 17.5 Å². The smallest absolute Gasteiger partial charge is 0.244 e. The largest absolute Gasteiger partial charge is 0.320 e. The van der Waals surface area contributed by atoms with Gasteiger partial charge in [-0.05, 0) is 31.7 Å². The fourth-order valence-electron chi connectivity index (χ4n) is 2.66. The van der Waals surface area contributed by atoms with Gasteiger partial charge in [-0.1, -0.05) is 18.8 Å². The van der Waals surface area contributed by atoms with Crippen molar-refractivity contribution in [3.05, 3.63) is 24.0 Å². The Morgan fingerprint density at radius 1 is 1.43 bits per heavy atom. The Kier molecular flexibility index (Phi) is 4.99. The zero-order chi connectivity index (χ0) is 15.5. The zero-order valence-electron chi connectivity index (χ0n) is 12.4. The summed E-state index contributed by atoms with van der Waals surface area (Å²) < 4.78 is 27.1. The van der Waals surface area contributed by atoms with Gasteiger partial charge >= 0.3 is 0 Å². The number of pyridine rings is 1. The minimum atomic E-state index is -3.51. The molecule has 2 rings (SSSR count). The number of hydrogen-bond acceptors (Lipinski definition) is 4. The van der Waals surface area contributed by atoms with Crippen LogP contribution in [0.15, 0.2) is 23.4 Å². The monoisotopic (exact) mass is 307 g/mol. The molecule has 2 heterocycles. The maximum absolute atomic E-state index is 12.7. The van der Waals surface area contributed by atoms with Crippen LogP contribution in [-0.2, 0) is 10.0 Å². The standard InChI is InChI=1S/C15H21N3O2S/c1-12-5-7-18(13(2)8-12)21(19,20)15-9-14(4-3-6-16)10-17-11-15/h9-13H,5-8,16H2,1-2H3. The molecule has 114 valence electrons. The van der Waals surface area contributed by atoms with Crippen LogP contribution in [0, 0.1) is 17.8 Å². The first-order valence-corrected chi connectivity index (χ1v) is 8.55. The summed E-state index contributed by atoms with van der Waals surface area (Å²) in [6, 6.07) is 1.58. The second-order valence-corrected chi connectivity index (χ2v) is 7.40. The highest BCUT2D eigenvalue weighted by molar-refractivity contribution is 7.89. The molecule has 2 unspecified atom stereocenters. The van der Waals surface area contributed by atoms with Gasteiger partial charge in [0.25, 0.3) is 0 Å². The molecule has 1 aliphatic heterocycles. The number of nitrogens with zero attached hydrogens (tertiary/aromatic N) is 2. The SMILES string of the molecule is CC1CCN(S(=O)(=O)c2cncc(C#CCN)c2)C(C)C1. The third kappa shape index (κ3) is 3.62. The molecule has 1 aromatic rings. The summed E-state index contributed by atoms with van der Waals surface area (Å²) in [5, 5.41) is 0. The molecule has 0 aromatic carbocycles. The third-order valence-electron chi connectivity index (χ3n) is 3.73. The lowest BCUT2D eigenvalue weighted by Crippen LogP contribution is -2.44. The topological polar surface area (TPSA) is 76.3 Å². The molecule has 0 amide bonds. The molecule has 1 fully saturated rings. The Labute approximate surface area is 126 Å². The lowest BCUT2D eigenvalue weighted by atomic mass is 9.95. The van der Waals surface area contributed by atoms with Crippen molar-refractivity contribution in [1.82, 2.24) is 9.29 Å². The van der Waals surface area contributed by atoms with Crippen molar-refractivity contribution in [2.45, 2.75) is 37.6 Å². The van der Waals surface area contributed by atoms with E-state index < -0.39 is 10.0 Å². The highest BCUT2D eigenvalue weighted by Gasteiger charge is 2.33. The summed E-state index contributed by atoms with van der Waals surface area (Å²) in [5.74, 6) is 6.09. The summed E-state index contributed by atoms with van der Waals surface area (Å²) in [5.41, 5.74) is 5.90. The van der Waals surface area contributed by atoms with Gasteiger partial charge in [-0.25, -0.2) is 8.42 Å². The number of rotatable bonds is 2. The fraction of sp³-hybridized carbons (Fsp3) is 0.533. The van der Waals surface area contributed by atoms with Gasteiger partial charge in [0.1, 0.15) is 4.90 Å². The van der Waals surface area contributed by atoms with Gasteiger partial charge in [-0.3, -0.25) is 4.98 Å². The van der Waals surface area contributed by atoms with Crippen LogP contribution in [0.2, 0.25) is 0 Å². The molecule has 1 saturated heterocycles. The van der Waals surface area contributed by atoms with E-state index in [1.54, 1.807) is 16.6 Å². The van der Waals surface area contributed by atoms with Crippen LogP contribution in [0.3, 0.4) is 0 Å². The summed E-state index contributed by atoms with van der Waals surface area (Å²) in [6.07, 6.45) is 4.71. The molecule has 6 heteroatoms. The molecular weight excluding hydrogens is 286 g/mol. The second kappa shape index (κ2) is 6.56. The highest BCUT2D eigenvalue weighted by Crippen LogP contribution is 2.27. The number of piperidine rings is 1. The Bertz CT molecular complexity index is 661. The van der Waals surface area contributed by atoms with Crippen molar-refractivity contribution >= 4 is 10.0 Å². The van der Waals surface area contributed by atoms with E-state index in [4.69, 9.17) is 5.73 Å². The van der Waals surface area contributed by atoms with Crippen molar-refractivity contribution in [3.8, 4) is 11.8 Å². The minimum absolute atomic E-state index is 0.0116. The van der Waals surface area contributed by atoms with E-state index in [0.29, 0.717) is 18.0 Å². The minimum Gasteiger partial charge on any atom is -0.320 e. The predicted octanol–water partition coefficient (Wildman–Crippen LogP) is 1.20. The first kappa shape index (κ1) is 16.0. The van der Waals surface area contributed by atoms with Crippen LogP contribution in [0.1, 0.15) is 32.3 Å². The first-order chi connectivity index (χ1) is 9.95. The van der Waals surface area contributed by atoms with Gasteiger partial charge in [0.15, 0.2) is 0 Å². The lowest BCUT2D eigenvalue weighted by Gasteiger charge is -2.35. The van der Waals surface area contributed by atoms with Crippen molar-refractivity contribution in [3.63, 3.8) is 0 Å². The Morgan fingerprint density at radius 2 is 2.19 bits per heavy atom. The van der Waals surface area contributed by atoms with Crippen LogP contribution in [-0.4, -0.2) is 36.8 Å². The number of aromatic nitrogens is 1. The van der Waals surface area contributed by atoms with Gasteiger partial charge in [-0.15, -0.1) is 0 Å². The maximum Gasteiger partial charge on any atom is 0.244 e. The molecule has 0 spiro atoms. The molecule has 21 heavy (non-hydrogen) atoms. The van der Waals surface area contributed by atoms with E-state index in [9.17, 15) is 8.42 Å². The maximum atomic E-state index is 12.7. The zero-order valence-corrected chi connectivity index (χ0v) is 13.2. The molecular formula is C15H21N3O2S. The molecule has 0 saturated carbocycles. The van der Waals surface area contributed by atoms with E-state index in [1.807, 2.05) is 6.92 Å². The van der Waals surface area contributed by atoms with Crippen LogP contribution >= 0.6 is 0 Å². The predicted molar refractivity (Wildman–Crippen MR) is 81.9 cm³/mol. The van der Waals surface area contributed by atoms with E-state index in [1.165, 1.54) is 6.20 Å². The number of nitrogens with two attached hydrogens (primary N) is 1. The van der Waals surface area contributed by atoms with Crippen molar-refractivity contribution < 1.29 is 8.42 Å². The molecule has 2 atom stereocenters. The van der Waals surface area contributed by atoms with Crippen molar-refractivity contribution in [2.75, 3.05) is 13.1 Å². The van der Waals surface area contributed by atoms with Gasteiger partial charge in [0.05, 0.1) is 6.54 Å². The summed E-state index contributed by atoms with van der Waals surface area (Å²) in [7, 11) is -3.51. The van der Waals surface area contributed by atoms with Crippen LogP contribution in [0.25, 0.3) is 0 Å². The Balaban J connectivity index is 2.31. The van der Waals surface area contributed by atoms with Crippen molar-refractivity contribution in [1.29, 1.82) is 0 Å². The molecule has 1 aliphatic rings. The lowest BCUT2D eigenvalue weighted by molar-refractivity contribution is 0.220. The molecule has 0 aliphatic carbocycles. The van der Waals surface area contributed by atoms with Crippen molar-refractivity contribution in [2.24, 2.45) is 11.7 Å². The quantitative estimate of drug-likeness (QED) is 0.833. The normalized spacial score (nSPS) is 23.4. The molecule has 1 aromatic heterocycles. The Morgan fingerprint density at radius 3 is 2.86 bits per heavy atom. The summed E-state index contributed by atoms with van der Waals surface area (Å²) >= 11 is 0. The van der Waals surface area contributed by atoms with Crippen LogP contribution in [0.4, 0.5) is 0 Å². The first-order valence-electron chi connectivity index (χ1n) is 7.11. The van der Waals surface area contributed by atoms with Gasteiger partial charge in [0, 0.05) is 30.5 Å². The van der Waals surface area contributed by atoms with E-state index in [0.717, 1.165) is 12.8 Å². The molecule has 5 nitrogen and oxygen atoms in total. The Hall–Kier alpha value is -1.42. The average Bonchev–Trinajstić information content (AvgIpc) is 2.45. The van der Waals surface area contributed by atoms with Gasteiger partial charge in [0.2, 0.25) is 10.0 Å². The van der Waals surface area contributed by atoms with E-state index in [2.05, 4.69) is 23.7 Å². The third-order valence-corrected chi connectivity index (χ3v) is 5.71. The average molecular weight is 307 g/mol. The fourth-order valence-corrected chi connectivity index (χ4v) is 4.31. The van der Waals surface area contributed by atoms with Crippen LogP contribution < -0.4 is 5.73 Å². The summed E-state index contributed by atoms with van der Waals surface area (Å²) in [6.45, 7) is 4.91. The summed E-state index contributed by atoms with van der Waals surface area (Å²) in [4.78, 5) is 4.19. The number of sulfonamides is 1. The highest BCUT2D eigenvalue weighted by atomic mass is 32.2. The molecule has 0 bridgehead atoms. The molecule has 2 N–H and O–H groups in total. The second-order valence-electron chi connectivity index (χ2n) is 5.51. The van der Waals surface area contributed by atoms with Gasteiger partial charge < -0.3 is 5.73 Å². The van der Waals surface area contributed by atoms with Crippen LogP contribution in [0.5, 0.6) is 0 Å². The molecule has 0 radical (unpaired) electrons.